The molecule has 0 saturated heterocycles. The number of nitro groups is 1. The molecule has 18 heavy (non-hydrogen) atoms. The summed E-state index contributed by atoms with van der Waals surface area (Å²) in [7, 11) is 2.00. The minimum absolute atomic E-state index is 0.0273. The molecule has 1 aliphatic rings. The lowest BCUT2D eigenvalue weighted by Crippen LogP contribution is -2.35. The molecule has 2 rings (SSSR count). The molecular weight excluding hydrogens is 232 g/mol. The van der Waals surface area contributed by atoms with E-state index in [4.69, 9.17) is 0 Å². The van der Waals surface area contributed by atoms with Gasteiger partial charge in [0.1, 0.15) is 12.0 Å². The van der Waals surface area contributed by atoms with Crippen LogP contribution in [-0.2, 0) is 0 Å². The molecule has 0 bridgehead atoms. The van der Waals surface area contributed by atoms with Gasteiger partial charge in [0.15, 0.2) is 0 Å². The van der Waals surface area contributed by atoms with E-state index < -0.39 is 4.92 Å². The van der Waals surface area contributed by atoms with Crippen molar-refractivity contribution in [3.63, 3.8) is 0 Å². The second-order valence-corrected chi connectivity index (χ2v) is 4.64. The molecule has 2 N–H and O–H groups in total. The second-order valence-electron chi connectivity index (χ2n) is 4.64. The van der Waals surface area contributed by atoms with Gasteiger partial charge >= 0.3 is 0 Å². The van der Waals surface area contributed by atoms with Gasteiger partial charge in [0, 0.05) is 18.2 Å². The van der Waals surface area contributed by atoms with Crippen LogP contribution < -0.4 is 10.6 Å². The van der Waals surface area contributed by atoms with Crippen LogP contribution in [0.25, 0.3) is 0 Å². The Morgan fingerprint density at radius 3 is 2.44 bits per heavy atom. The Balaban J connectivity index is 1.88. The van der Waals surface area contributed by atoms with Crippen molar-refractivity contribution in [3.05, 3.63) is 28.4 Å². The first kappa shape index (κ1) is 12.8. The second kappa shape index (κ2) is 5.77. The standard InChI is InChI=1S/C12H18N4O2/c1-13-9-2-4-10(5-3-9)15-12-7-6-11(8-14-12)16(17)18/h6-10,13H,2-5H2,1H3,(H,14,15). The van der Waals surface area contributed by atoms with E-state index in [1.165, 1.54) is 12.3 Å². The smallest absolute Gasteiger partial charge is 0.287 e. The fourth-order valence-electron chi connectivity index (χ4n) is 2.32. The molecule has 1 aromatic heterocycles. The molecule has 98 valence electrons. The van der Waals surface area contributed by atoms with Gasteiger partial charge in [-0.1, -0.05) is 0 Å². The van der Waals surface area contributed by atoms with E-state index in [2.05, 4.69) is 15.6 Å². The first-order valence-corrected chi connectivity index (χ1v) is 6.23. The molecule has 0 spiro atoms. The van der Waals surface area contributed by atoms with Crippen molar-refractivity contribution >= 4 is 11.5 Å². The first-order valence-electron chi connectivity index (χ1n) is 6.23. The van der Waals surface area contributed by atoms with Crippen LogP contribution in [0.2, 0.25) is 0 Å². The zero-order valence-electron chi connectivity index (χ0n) is 10.4. The van der Waals surface area contributed by atoms with Crippen LogP contribution >= 0.6 is 0 Å². The number of hydrogen-bond acceptors (Lipinski definition) is 5. The summed E-state index contributed by atoms with van der Waals surface area (Å²) in [6, 6.07) is 4.19. The van der Waals surface area contributed by atoms with Crippen LogP contribution in [0.1, 0.15) is 25.7 Å². The number of nitrogens with zero attached hydrogens (tertiary/aromatic N) is 2. The van der Waals surface area contributed by atoms with Crippen LogP contribution in [0.4, 0.5) is 11.5 Å². The zero-order valence-corrected chi connectivity index (χ0v) is 10.4. The van der Waals surface area contributed by atoms with Crippen molar-refractivity contribution in [2.75, 3.05) is 12.4 Å². The van der Waals surface area contributed by atoms with Gasteiger partial charge in [0.05, 0.1) is 4.92 Å². The number of nitrogens with one attached hydrogen (secondary N) is 2. The Morgan fingerprint density at radius 1 is 1.28 bits per heavy atom. The van der Waals surface area contributed by atoms with E-state index in [1.807, 2.05) is 7.05 Å². The Bertz CT molecular complexity index is 399. The molecule has 6 nitrogen and oxygen atoms in total. The molecule has 1 saturated carbocycles. The van der Waals surface area contributed by atoms with E-state index in [9.17, 15) is 10.1 Å². The SMILES string of the molecule is CNC1CCC(Nc2ccc([N+](=O)[O-])cn2)CC1. The minimum Gasteiger partial charge on any atom is -0.367 e. The molecule has 1 fully saturated rings. The first-order chi connectivity index (χ1) is 8.69. The van der Waals surface area contributed by atoms with Crippen LogP contribution in [-0.4, -0.2) is 29.0 Å². The van der Waals surface area contributed by atoms with Crippen LogP contribution in [0.3, 0.4) is 0 Å². The maximum absolute atomic E-state index is 10.5. The molecule has 0 aromatic carbocycles. The van der Waals surface area contributed by atoms with Gasteiger partial charge in [-0.3, -0.25) is 10.1 Å². The lowest BCUT2D eigenvalue weighted by Gasteiger charge is -2.29. The van der Waals surface area contributed by atoms with Gasteiger partial charge in [-0.05, 0) is 38.8 Å². The predicted molar refractivity (Wildman–Crippen MR) is 69.6 cm³/mol. The molecule has 6 heteroatoms. The van der Waals surface area contributed by atoms with Crippen LogP contribution in [0.5, 0.6) is 0 Å². The van der Waals surface area contributed by atoms with Gasteiger partial charge < -0.3 is 10.6 Å². The monoisotopic (exact) mass is 250 g/mol. The summed E-state index contributed by atoms with van der Waals surface area (Å²) in [6.07, 6.45) is 5.80. The average Bonchev–Trinajstić information content (AvgIpc) is 2.40. The summed E-state index contributed by atoms with van der Waals surface area (Å²) in [5.41, 5.74) is 0.0273. The lowest BCUT2D eigenvalue weighted by atomic mass is 9.91. The molecule has 0 atom stereocenters. The number of rotatable bonds is 4. The average molecular weight is 250 g/mol. The van der Waals surface area contributed by atoms with Crippen molar-refractivity contribution < 1.29 is 4.92 Å². The molecule has 0 unspecified atom stereocenters. The fraction of sp³-hybridized carbons (Fsp3) is 0.583. The third-order valence-corrected chi connectivity index (χ3v) is 3.45. The van der Waals surface area contributed by atoms with Gasteiger partial charge in [-0.2, -0.15) is 0 Å². The Kier molecular flexibility index (Phi) is 4.09. The minimum atomic E-state index is -0.436. The normalized spacial score (nSPS) is 23.6. The quantitative estimate of drug-likeness (QED) is 0.630. The van der Waals surface area contributed by atoms with Crippen molar-refractivity contribution in [1.29, 1.82) is 0 Å². The number of pyridine rings is 1. The largest absolute Gasteiger partial charge is 0.367 e. The van der Waals surface area contributed by atoms with E-state index in [0.29, 0.717) is 17.9 Å². The molecule has 1 aromatic rings. The third-order valence-electron chi connectivity index (χ3n) is 3.45. The van der Waals surface area contributed by atoms with Crippen molar-refractivity contribution in [2.45, 2.75) is 37.8 Å². The van der Waals surface area contributed by atoms with Crippen molar-refractivity contribution in [1.82, 2.24) is 10.3 Å². The Hall–Kier alpha value is -1.69. The molecule has 1 aliphatic carbocycles. The molecule has 0 radical (unpaired) electrons. The van der Waals surface area contributed by atoms with Gasteiger partial charge in [-0.25, -0.2) is 4.98 Å². The summed E-state index contributed by atoms with van der Waals surface area (Å²) in [5, 5.41) is 17.1. The number of aromatic nitrogens is 1. The summed E-state index contributed by atoms with van der Waals surface area (Å²) in [5.74, 6) is 0.716. The highest BCUT2D eigenvalue weighted by Gasteiger charge is 2.20. The molecular formula is C12H18N4O2. The van der Waals surface area contributed by atoms with E-state index >= 15 is 0 Å². The predicted octanol–water partition coefficient (Wildman–Crippen LogP) is 1.93. The van der Waals surface area contributed by atoms with E-state index in [0.717, 1.165) is 25.7 Å². The van der Waals surface area contributed by atoms with Crippen LogP contribution in [0.15, 0.2) is 18.3 Å². The topological polar surface area (TPSA) is 80.1 Å². The van der Waals surface area contributed by atoms with Crippen molar-refractivity contribution in [2.24, 2.45) is 0 Å². The highest BCUT2D eigenvalue weighted by Crippen LogP contribution is 2.22. The Morgan fingerprint density at radius 2 is 1.94 bits per heavy atom. The lowest BCUT2D eigenvalue weighted by molar-refractivity contribution is -0.385. The van der Waals surface area contributed by atoms with Gasteiger partial charge in [0.2, 0.25) is 0 Å². The van der Waals surface area contributed by atoms with E-state index in [-0.39, 0.29) is 5.69 Å². The van der Waals surface area contributed by atoms with Gasteiger partial charge in [0.25, 0.3) is 5.69 Å². The highest BCUT2D eigenvalue weighted by atomic mass is 16.6. The van der Waals surface area contributed by atoms with Crippen LogP contribution in [0, 0.1) is 10.1 Å². The number of anilines is 1. The highest BCUT2D eigenvalue weighted by molar-refractivity contribution is 5.40. The van der Waals surface area contributed by atoms with Crippen molar-refractivity contribution in [3.8, 4) is 0 Å². The maximum Gasteiger partial charge on any atom is 0.287 e. The van der Waals surface area contributed by atoms with Gasteiger partial charge in [-0.15, -0.1) is 0 Å². The zero-order chi connectivity index (χ0) is 13.0. The summed E-state index contributed by atoms with van der Waals surface area (Å²) < 4.78 is 0. The summed E-state index contributed by atoms with van der Waals surface area (Å²) in [4.78, 5) is 14.1. The third kappa shape index (κ3) is 3.16. The Labute approximate surface area is 106 Å². The summed E-state index contributed by atoms with van der Waals surface area (Å²) >= 11 is 0. The number of hydrogen-bond donors (Lipinski definition) is 2. The molecule has 0 amide bonds. The molecule has 1 heterocycles. The summed E-state index contributed by atoms with van der Waals surface area (Å²) in [6.45, 7) is 0. The molecule has 0 aliphatic heterocycles. The van der Waals surface area contributed by atoms with E-state index in [1.54, 1.807) is 6.07 Å². The fourth-order valence-corrected chi connectivity index (χ4v) is 2.32. The maximum atomic E-state index is 10.5.